The molecule has 1 aliphatic rings. The van der Waals surface area contributed by atoms with E-state index in [4.69, 9.17) is 16.2 Å². The van der Waals surface area contributed by atoms with Crippen LogP contribution in [0.3, 0.4) is 0 Å². The van der Waals surface area contributed by atoms with Crippen LogP contribution in [0.25, 0.3) is 0 Å². The summed E-state index contributed by atoms with van der Waals surface area (Å²) in [6.45, 7) is 0.379. The van der Waals surface area contributed by atoms with Crippen LogP contribution in [0.15, 0.2) is 18.3 Å². The van der Waals surface area contributed by atoms with E-state index in [1.54, 1.807) is 18.3 Å². The molecule has 0 unspecified atom stereocenters. The third-order valence-corrected chi connectivity index (χ3v) is 3.63. The van der Waals surface area contributed by atoms with Gasteiger partial charge in [0.1, 0.15) is 12.2 Å². The maximum Gasteiger partial charge on any atom is 0.254 e. The zero-order valence-corrected chi connectivity index (χ0v) is 11.1. The molecule has 1 amide bonds. The Morgan fingerprint density at radius 3 is 2.63 bits per heavy atom. The molecule has 0 aliphatic heterocycles. The van der Waals surface area contributed by atoms with Crippen LogP contribution in [0, 0.1) is 0 Å². The molecule has 1 fully saturated rings. The first-order chi connectivity index (χ1) is 9.11. The summed E-state index contributed by atoms with van der Waals surface area (Å²) < 4.78 is 5.66. The van der Waals surface area contributed by atoms with Gasteiger partial charge in [-0.2, -0.15) is 0 Å². The Balaban J connectivity index is 2.03. The molecule has 1 heterocycles. The number of hydrogen-bond donors (Lipinski definition) is 2. The van der Waals surface area contributed by atoms with Gasteiger partial charge in [-0.3, -0.25) is 4.79 Å². The number of carbonyl (C=O) groups excluding carboxylic acids is 1. The van der Waals surface area contributed by atoms with Crippen molar-refractivity contribution >= 4 is 5.91 Å². The maximum atomic E-state index is 11.3. The van der Waals surface area contributed by atoms with Gasteiger partial charge in [-0.05, 0) is 25.0 Å². The minimum Gasteiger partial charge on any atom is -0.475 e. The van der Waals surface area contributed by atoms with Gasteiger partial charge in [0.25, 0.3) is 5.91 Å². The molecule has 19 heavy (non-hydrogen) atoms. The highest BCUT2D eigenvalue weighted by Gasteiger charge is 2.27. The molecule has 0 aromatic carbocycles. The molecule has 0 saturated heterocycles. The van der Waals surface area contributed by atoms with E-state index in [1.165, 1.54) is 12.8 Å². The average Bonchev–Trinajstić information content (AvgIpc) is 2.62. The summed E-state index contributed by atoms with van der Waals surface area (Å²) in [6.07, 6.45) is 8.20. The van der Waals surface area contributed by atoms with Crippen LogP contribution >= 0.6 is 0 Å². The number of aromatic nitrogens is 1. The van der Waals surface area contributed by atoms with E-state index < -0.39 is 5.91 Å². The molecular formula is C14H21N3O2. The Bertz CT molecular complexity index is 440. The Labute approximate surface area is 113 Å². The number of pyridine rings is 1. The summed E-state index contributed by atoms with van der Waals surface area (Å²) in [5.41, 5.74) is 11.6. The van der Waals surface area contributed by atoms with Crippen molar-refractivity contribution in [1.29, 1.82) is 0 Å². The van der Waals surface area contributed by atoms with Gasteiger partial charge in [0, 0.05) is 6.20 Å². The third kappa shape index (κ3) is 3.67. The van der Waals surface area contributed by atoms with Crippen molar-refractivity contribution < 1.29 is 9.53 Å². The minimum absolute atomic E-state index is 0.282. The van der Waals surface area contributed by atoms with Crippen molar-refractivity contribution in [1.82, 2.24) is 4.98 Å². The van der Waals surface area contributed by atoms with E-state index in [0.29, 0.717) is 12.2 Å². The van der Waals surface area contributed by atoms with Crippen molar-refractivity contribution in [2.45, 2.75) is 44.1 Å². The standard InChI is InChI=1S/C14H21N3O2/c15-12(18)11-6-5-9-17-13(11)19-10-14(16)7-3-1-2-4-8-14/h5-6,9H,1-4,7-8,10,16H2,(H2,15,18). The molecular weight excluding hydrogens is 242 g/mol. The SMILES string of the molecule is NC(=O)c1cccnc1OCC1(N)CCCCCC1. The largest absolute Gasteiger partial charge is 0.475 e. The lowest BCUT2D eigenvalue weighted by atomic mass is 9.93. The van der Waals surface area contributed by atoms with E-state index in [9.17, 15) is 4.79 Å². The quantitative estimate of drug-likeness (QED) is 0.807. The molecule has 0 bridgehead atoms. The summed E-state index contributed by atoms with van der Waals surface area (Å²) in [6, 6.07) is 3.28. The molecule has 104 valence electrons. The fraction of sp³-hybridized carbons (Fsp3) is 0.571. The van der Waals surface area contributed by atoms with Crippen molar-refractivity contribution in [3.8, 4) is 5.88 Å². The van der Waals surface area contributed by atoms with E-state index in [-0.39, 0.29) is 11.4 Å². The fourth-order valence-electron chi connectivity index (χ4n) is 2.48. The highest BCUT2D eigenvalue weighted by atomic mass is 16.5. The normalized spacial score (nSPS) is 18.6. The van der Waals surface area contributed by atoms with Crippen LogP contribution in [0.4, 0.5) is 0 Å². The van der Waals surface area contributed by atoms with Crippen LogP contribution in [0.5, 0.6) is 5.88 Å². The number of carbonyl (C=O) groups is 1. The van der Waals surface area contributed by atoms with E-state index >= 15 is 0 Å². The topological polar surface area (TPSA) is 91.2 Å². The zero-order valence-electron chi connectivity index (χ0n) is 11.1. The minimum atomic E-state index is -0.532. The lowest BCUT2D eigenvalue weighted by Crippen LogP contribution is -2.45. The Kier molecular flexibility index (Phi) is 4.37. The fourth-order valence-corrected chi connectivity index (χ4v) is 2.48. The van der Waals surface area contributed by atoms with Crippen LogP contribution < -0.4 is 16.2 Å². The van der Waals surface area contributed by atoms with Gasteiger partial charge in [0.15, 0.2) is 0 Å². The van der Waals surface area contributed by atoms with E-state index in [2.05, 4.69) is 4.98 Å². The van der Waals surface area contributed by atoms with Gasteiger partial charge >= 0.3 is 0 Å². The molecule has 1 aromatic heterocycles. The maximum absolute atomic E-state index is 11.3. The van der Waals surface area contributed by atoms with Crippen molar-refractivity contribution in [2.24, 2.45) is 11.5 Å². The van der Waals surface area contributed by atoms with Crippen LogP contribution in [-0.2, 0) is 0 Å². The van der Waals surface area contributed by atoms with Crippen LogP contribution in [0.1, 0.15) is 48.9 Å². The first-order valence-corrected chi connectivity index (χ1v) is 6.77. The van der Waals surface area contributed by atoms with Crippen LogP contribution in [-0.4, -0.2) is 23.0 Å². The van der Waals surface area contributed by atoms with Crippen molar-refractivity contribution in [2.75, 3.05) is 6.61 Å². The number of ether oxygens (including phenoxy) is 1. The van der Waals surface area contributed by atoms with Gasteiger partial charge in [-0.15, -0.1) is 0 Å². The molecule has 1 aliphatic carbocycles. The van der Waals surface area contributed by atoms with Gasteiger partial charge in [-0.25, -0.2) is 4.98 Å². The third-order valence-electron chi connectivity index (χ3n) is 3.63. The van der Waals surface area contributed by atoms with Gasteiger partial charge in [-0.1, -0.05) is 25.7 Å². The molecule has 5 nitrogen and oxygen atoms in total. The summed E-state index contributed by atoms with van der Waals surface area (Å²) >= 11 is 0. The molecule has 0 atom stereocenters. The highest BCUT2D eigenvalue weighted by Crippen LogP contribution is 2.26. The number of nitrogens with two attached hydrogens (primary N) is 2. The average molecular weight is 263 g/mol. The Hall–Kier alpha value is -1.62. The molecule has 2 rings (SSSR count). The summed E-state index contributed by atoms with van der Waals surface area (Å²) in [5.74, 6) is -0.251. The van der Waals surface area contributed by atoms with Crippen LogP contribution in [0.2, 0.25) is 0 Å². The monoisotopic (exact) mass is 263 g/mol. The smallest absolute Gasteiger partial charge is 0.254 e. The summed E-state index contributed by atoms with van der Waals surface area (Å²) in [5, 5.41) is 0. The molecule has 5 heteroatoms. The second-order valence-corrected chi connectivity index (χ2v) is 5.29. The highest BCUT2D eigenvalue weighted by molar-refractivity contribution is 5.94. The van der Waals surface area contributed by atoms with E-state index in [0.717, 1.165) is 25.7 Å². The molecule has 1 aromatic rings. The number of nitrogens with zero attached hydrogens (tertiary/aromatic N) is 1. The van der Waals surface area contributed by atoms with E-state index in [1.807, 2.05) is 0 Å². The van der Waals surface area contributed by atoms with Gasteiger partial charge in [0.05, 0.1) is 5.54 Å². The molecule has 4 N–H and O–H groups in total. The second kappa shape index (κ2) is 6.02. The first-order valence-electron chi connectivity index (χ1n) is 6.77. The molecule has 1 saturated carbocycles. The lowest BCUT2D eigenvalue weighted by molar-refractivity contribution is 0.0992. The molecule has 0 spiro atoms. The zero-order chi connectivity index (χ0) is 13.7. The molecule has 0 radical (unpaired) electrons. The predicted octanol–water partition coefficient (Wildman–Crippen LogP) is 1.61. The number of hydrogen-bond acceptors (Lipinski definition) is 4. The Morgan fingerprint density at radius 2 is 2.00 bits per heavy atom. The number of rotatable bonds is 4. The number of amides is 1. The number of primary amides is 1. The first kappa shape index (κ1) is 13.8. The lowest BCUT2D eigenvalue weighted by Gasteiger charge is -2.27. The van der Waals surface area contributed by atoms with Crippen molar-refractivity contribution in [3.63, 3.8) is 0 Å². The Morgan fingerprint density at radius 1 is 1.32 bits per heavy atom. The second-order valence-electron chi connectivity index (χ2n) is 5.29. The summed E-state index contributed by atoms with van der Waals surface area (Å²) in [4.78, 5) is 15.3. The van der Waals surface area contributed by atoms with Gasteiger partial charge in [0.2, 0.25) is 5.88 Å². The van der Waals surface area contributed by atoms with Gasteiger partial charge < -0.3 is 16.2 Å². The summed E-state index contributed by atoms with van der Waals surface area (Å²) in [7, 11) is 0. The van der Waals surface area contributed by atoms with Crippen molar-refractivity contribution in [3.05, 3.63) is 23.9 Å². The predicted molar refractivity (Wildman–Crippen MR) is 72.9 cm³/mol.